The average molecular weight is 875 g/mol. The zero-order valence-corrected chi connectivity index (χ0v) is 40.6. The van der Waals surface area contributed by atoms with Gasteiger partial charge in [-0.05, 0) is 94.2 Å². The molecule has 1 unspecified atom stereocenters. The summed E-state index contributed by atoms with van der Waals surface area (Å²) in [6.07, 6.45) is 0. The Balaban J connectivity index is 0.00000105. The number of fused-ring (bicyclic) bond motifs is 2. The van der Waals surface area contributed by atoms with Gasteiger partial charge in [0, 0.05) is 55.6 Å². The van der Waals surface area contributed by atoms with E-state index in [2.05, 4.69) is 166 Å². The van der Waals surface area contributed by atoms with Gasteiger partial charge in [0.05, 0.1) is 14.2 Å². The van der Waals surface area contributed by atoms with E-state index in [1.807, 2.05) is 77.9 Å². The molecule has 3 nitrogen and oxygen atoms in total. The van der Waals surface area contributed by atoms with E-state index in [4.69, 9.17) is 9.47 Å². The van der Waals surface area contributed by atoms with Crippen molar-refractivity contribution in [3.63, 3.8) is 0 Å². The number of methoxy groups -OCH3 is 2. The first-order chi connectivity index (χ1) is 32.1. The monoisotopic (exact) mass is 874 g/mol. The summed E-state index contributed by atoms with van der Waals surface area (Å²) in [5.74, 6) is 15.3. The maximum absolute atomic E-state index is 9.80. The molecule has 0 aliphatic carbocycles. The minimum atomic E-state index is 0.209. The molecule has 0 spiro atoms. The predicted octanol–water partition coefficient (Wildman–Crippen LogP) is 16.1. The SMILES string of the molecule is C=C.C=C.CC.CC.CC.COc1c(-c2ccccc2C#Cc2ccc(O)cc2)cc2ccccc2c1-c1c(OC)c(-c2ccccc2C#Cc2ccc(PC)cc2)cc2ccccc12. The quantitative estimate of drug-likeness (QED) is 0.103. The van der Waals surface area contributed by atoms with Crippen LogP contribution in [-0.4, -0.2) is 26.0 Å². The number of benzene rings is 8. The first kappa shape index (κ1) is 52.1. The summed E-state index contributed by atoms with van der Waals surface area (Å²) in [5.41, 5.74) is 9.24. The Morgan fingerprint density at radius 2 is 0.785 bits per heavy atom. The Kier molecular flexibility index (Phi) is 22.2. The van der Waals surface area contributed by atoms with Crippen LogP contribution in [0.25, 0.3) is 54.9 Å². The van der Waals surface area contributed by atoms with Crippen LogP contribution in [0.4, 0.5) is 0 Å². The number of phenols is 1. The number of aromatic hydroxyl groups is 1. The Hall–Kier alpha value is -7.29. The molecule has 65 heavy (non-hydrogen) atoms. The Labute approximate surface area is 391 Å². The van der Waals surface area contributed by atoms with Crippen LogP contribution in [0.1, 0.15) is 63.8 Å². The zero-order chi connectivity index (χ0) is 47.7. The molecular weight excluding hydrogens is 812 g/mol. The molecule has 0 saturated heterocycles. The van der Waals surface area contributed by atoms with Gasteiger partial charge in [0.2, 0.25) is 0 Å². The molecule has 8 aromatic rings. The van der Waals surface area contributed by atoms with Crippen LogP contribution in [0.5, 0.6) is 17.2 Å². The molecule has 8 aromatic carbocycles. The van der Waals surface area contributed by atoms with Crippen LogP contribution in [0.2, 0.25) is 0 Å². The van der Waals surface area contributed by atoms with Crippen LogP contribution >= 0.6 is 8.58 Å². The topological polar surface area (TPSA) is 38.7 Å². The smallest absolute Gasteiger partial charge is 0.135 e. The van der Waals surface area contributed by atoms with Crippen molar-refractivity contribution < 1.29 is 14.6 Å². The third-order valence-electron chi connectivity index (χ3n) is 9.82. The van der Waals surface area contributed by atoms with Crippen LogP contribution in [-0.2, 0) is 0 Å². The molecule has 4 heteroatoms. The summed E-state index contributed by atoms with van der Waals surface area (Å²) in [4.78, 5) is 0. The highest BCUT2D eigenvalue weighted by molar-refractivity contribution is 7.46. The van der Waals surface area contributed by atoms with Crippen molar-refractivity contribution in [1.29, 1.82) is 0 Å². The standard InChI is InChI=1S/C51H37O3P.3C2H6.2C2H4/c1-53-50-46(42-16-8-4-12-36(42)26-20-34-22-28-40(52)29-23-34)32-38-14-6-10-18-44(38)48(50)49-45-19-11-7-15-39(45)33-47(51(49)54-2)43-17-9-5-13-37(43)27-21-35-24-30-41(55-3)31-25-35;5*1-2/h4-19,22-25,28-33,52,55H,1-3H3;3*1-2H3;2*1-2H2. The van der Waals surface area contributed by atoms with Crippen molar-refractivity contribution in [1.82, 2.24) is 0 Å². The second-order valence-electron chi connectivity index (χ2n) is 13.1. The maximum Gasteiger partial charge on any atom is 0.135 e. The third-order valence-corrected chi connectivity index (χ3v) is 10.7. The van der Waals surface area contributed by atoms with Crippen molar-refractivity contribution >= 4 is 35.4 Å². The first-order valence-corrected chi connectivity index (χ1v) is 23.6. The molecule has 1 atom stereocenters. The maximum atomic E-state index is 9.80. The lowest BCUT2D eigenvalue weighted by Crippen LogP contribution is -2.00. The molecule has 0 heterocycles. The molecule has 0 fully saturated rings. The fourth-order valence-corrected chi connectivity index (χ4v) is 7.68. The van der Waals surface area contributed by atoms with Crippen LogP contribution in [0, 0.1) is 23.7 Å². The fourth-order valence-electron chi connectivity index (χ4n) is 7.18. The van der Waals surface area contributed by atoms with Crippen LogP contribution in [0.15, 0.2) is 184 Å². The Morgan fingerprint density at radius 1 is 0.431 bits per heavy atom. The van der Waals surface area contributed by atoms with Crippen molar-refractivity contribution in [2.24, 2.45) is 0 Å². The van der Waals surface area contributed by atoms with E-state index in [1.54, 1.807) is 26.4 Å². The molecule has 0 aromatic heterocycles. The van der Waals surface area contributed by atoms with Crippen molar-refractivity contribution in [2.45, 2.75) is 41.5 Å². The number of rotatable bonds is 6. The molecule has 0 saturated carbocycles. The summed E-state index contributed by atoms with van der Waals surface area (Å²) in [7, 11) is 4.23. The van der Waals surface area contributed by atoms with E-state index in [0.717, 1.165) is 97.3 Å². The lowest BCUT2D eigenvalue weighted by molar-refractivity contribution is 0.413. The lowest BCUT2D eigenvalue weighted by atomic mass is 9.85. The Morgan fingerprint density at radius 3 is 1.17 bits per heavy atom. The fraction of sp³-hybridized carbons (Fsp3) is 0.148. The highest BCUT2D eigenvalue weighted by Crippen LogP contribution is 2.52. The van der Waals surface area contributed by atoms with E-state index >= 15 is 0 Å². The van der Waals surface area contributed by atoms with Crippen molar-refractivity contribution in [3.05, 3.63) is 206 Å². The van der Waals surface area contributed by atoms with Gasteiger partial charge in [-0.25, -0.2) is 0 Å². The van der Waals surface area contributed by atoms with Gasteiger partial charge in [-0.3, -0.25) is 0 Å². The number of hydrogen-bond donors (Lipinski definition) is 1. The molecule has 330 valence electrons. The van der Waals surface area contributed by atoms with Gasteiger partial charge in [0.1, 0.15) is 17.2 Å². The highest BCUT2D eigenvalue weighted by atomic mass is 31.1. The van der Waals surface area contributed by atoms with Gasteiger partial charge in [0.25, 0.3) is 0 Å². The average Bonchev–Trinajstić information content (AvgIpc) is 3.40. The summed E-state index contributed by atoms with van der Waals surface area (Å²) >= 11 is 0. The molecule has 0 aliphatic rings. The lowest BCUT2D eigenvalue weighted by Gasteiger charge is -2.23. The molecule has 0 bridgehead atoms. The molecule has 8 rings (SSSR count). The predicted molar refractivity (Wildman–Crippen MR) is 288 cm³/mol. The van der Waals surface area contributed by atoms with Gasteiger partial charge in [-0.15, -0.1) is 26.3 Å². The molecular formula is C61H63O3P. The number of ether oxygens (including phenoxy) is 2. The summed E-state index contributed by atoms with van der Waals surface area (Å²) < 4.78 is 13.0. The number of phenolic OH excluding ortho intramolecular Hbond substituents is 1. The first-order valence-electron chi connectivity index (χ1n) is 22.1. The minimum absolute atomic E-state index is 0.209. The van der Waals surface area contributed by atoms with E-state index in [1.165, 1.54) is 5.30 Å². The summed E-state index contributed by atoms with van der Waals surface area (Å²) in [6, 6.07) is 53.1. The molecule has 1 N–H and O–H groups in total. The highest BCUT2D eigenvalue weighted by Gasteiger charge is 2.26. The van der Waals surface area contributed by atoms with E-state index < -0.39 is 0 Å². The largest absolute Gasteiger partial charge is 0.508 e. The van der Waals surface area contributed by atoms with Crippen molar-refractivity contribution in [3.8, 4) is 74.3 Å². The summed E-state index contributed by atoms with van der Waals surface area (Å²) in [6.45, 7) is 26.2. The zero-order valence-electron chi connectivity index (χ0n) is 39.6. The van der Waals surface area contributed by atoms with Crippen LogP contribution in [0.3, 0.4) is 0 Å². The van der Waals surface area contributed by atoms with Gasteiger partial charge in [-0.1, -0.05) is 171 Å². The van der Waals surface area contributed by atoms with Crippen LogP contribution < -0.4 is 14.8 Å². The Bertz CT molecular complexity index is 2870. The van der Waals surface area contributed by atoms with E-state index in [0.29, 0.717) is 0 Å². The second kappa shape index (κ2) is 27.7. The van der Waals surface area contributed by atoms with Gasteiger partial charge in [0.15, 0.2) is 0 Å². The summed E-state index contributed by atoms with van der Waals surface area (Å²) in [5, 5.41) is 15.3. The minimum Gasteiger partial charge on any atom is -0.508 e. The second-order valence-corrected chi connectivity index (χ2v) is 14.1. The molecule has 0 aliphatic heterocycles. The third kappa shape index (κ3) is 12.5. The van der Waals surface area contributed by atoms with Crippen molar-refractivity contribution in [2.75, 3.05) is 20.9 Å². The molecule has 0 amide bonds. The van der Waals surface area contributed by atoms with E-state index in [-0.39, 0.29) is 5.75 Å². The van der Waals surface area contributed by atoms with Gasteiger partial charge < -0.3 is 14.6 Å². The van der Waals surface area contributed by atoms with Gasteiger partial charge >= 0.3 is 0 Å². The van der Waals surface area contributed by atoms with E-state index in [9.17, 15) is 5.11 Å². The van der Waals surface area contributed by atoms with Gasteiger partial charge in [-0.2, -0.15) is 0 Å². The number of hydrogen-bond acceptors (Lipinski definition) is 3. The molecule has 0 radical (unpaired) electrons. The normalized spacial score (nSPS) is 9.62.